The Labute approximate surface area is 154 Å². The minimum Gasteiger partial charge on any atom is -0.305 e. The number of rotatable bonds is 1. The van der Waals surface area contributed by atoms with Gasteiger partial charge in [-0.3, -0.25) is 4.90 Å². The lowest BCUT2D eigenvalue weighted by Crippen LogP contribution is -2.58. The highest BCUT2D eigenvalue weighted by Crippen LogP contribution is 2.60. The molecule has 1 fully saturated rings. The largest absolute Gasteiger partial charge is 0.305 e. The van der Waals surface area contributed by atoms with E-state index in [0.717, 1.165) is 11.1 Å². The molecule has 0 radical (unpaired) electrons. The number of hydrogen-bond acceptors (Lipinski definition) is 5. The Hall–Kier alpha value is -2.94. The van der Waals surface area contributed by atoms with E-state index in [1.54, 1.807) is 0 Å². The molecule has 4 atom stereocenters. The highest BCUT2D eigenvalue weighted by Gasteiger charge is 2.63. The molecule has 1 aromatic rings. The molecule has 1 heterocycles. The summed E-state index contributed by atoms with van der Waals surface area (Å²) >= 11 is 0. The van der Waals surface area contributed by atoms with Crippen LogP contribution in [0.3, 0.4) is 0 Å². The van der Waals surface area contributed by atoms with Crippen LogP contribution in [-0.4, -0.2) is 30.2 Å². The minimum absolute atomic E-state index is 0.0978. The molecule has 1 aliphatic carbocycles. The van der Waals surface area contributed by atoms with Gasteiger partial charge in [-0.2, -0.15) is 15.8 Å². The van der Waals surface area contributed by atoms with E-state index in [1.807, 2.05) is 50.4 Å². The molecule has 0 unspecified atom stereocenters. The van der Waals surface area contributed by atoms with E-state index in [4.69, 9.17) is 5.41 Å². The Kier molecular flexibility index (Phi) is 4.19. The smallest absolute Gasteiger partial charge is 0.190 e. The quantitative estimate of drug-likeness (QED) is 0.791. The summed E-state index contributed by atoms with van der Waals surface area (Å²) in [4.78, 5) is 2.17. The van der Waals surface area contributed by atoms with Gasteiger partial charge in [-0.05, 0) is 25.1 Å². The van der Waals surface area contributed by atoms with Gasteiger partial charge in [0.15, 0.2) is 5.41 Å². The standard InChI is InChI=1S/C21H21N5/c1-14-9-17-16(10-22)19(25)21(11-23,12-24)18(15-7-5-4-6-8-15)20(17,2)13-26(14)3/h4-9,14,16,18,25H,13H2,1-3H3/t14-,16-,18+,20-/m1/s1. The van der Waals surface area contributed by atoms with Crippen LogP contribution in [0.4, 0.5) is 0 Å². The number of fused-ring (bicyclic) bond motifs is 1. The molecule has 2 aliphatic rings. The number of benzene rings is 1. The van der Waals surface area contributed by atoms with Crippen LogP contribution in [0.5, 0.6) is 0 Å². The molecule has 5 heteroatoms. The summed E-state index contributed by atoms with van der Waals surface area (Å²) in [7, 11) is 2.01. The van der Waals surface area contributed by atoms with E-state index in [0.29, 0.717) is 6.54 Å². The molecule has 1 aromatic carbocycles. The summed E-state index contributed by atoms with van der Waals surface area (Å²) in [6.45, 7) is 4.70. The van der Waals surface area contributed by atoms with E-state index in [9.17, 15) is 15.8 Å². The maximum absolute atomic E-state index is 10.0. The zero-order valence-corrected chi connectivity index (χ0v) is 15.2. The van der Waals surface area contributed by atoms with E-state index >= 15 is 0 Å². The molecule has 0 amide bonds. The first-order valence-corrected chi connectivity index (χ1v) is 8.64. The van der Waals surface area contributed by atoms with Gasteiger partial charge in [0, 0.05) is 23.9 Å². The van der Waals surface area contributed by atoms with Crippen LogP contribution in [0, 0.1) is 56.2 Å². The van der Waals surface area contributed by atoms with Gasteiger partial charge in [0.25, 0.3) is 0 Å². The van der Waals surface area contributed by atoms with Crippen LogP contribution in [0.1, 0.15) is 25.3 Å². The van der Waals surface area contributed by atoms with Gasteiger partial charge in [-0.1, -0.05) is 43.3 Å². The second kappa shape index (κ2) is 6.10. The fraction of sp³-hybridized carbons (Fsp3) is 0.429. The van der Waals surface area contributed by atoms with E-state index in [2.05, 4.69) is 30.0 Å². The Bertz CT molecular complexity index is 881. The molecule has 26 heavy (non-hydrogen) atoms. The fourth-order valence-corrected chi connectivity index (χ4v) is 4.70. The van der Waals surface area contributed by atoms with E-state index in [1.165, 1.54) is 0 Å². The number of hydrogen-bond donors (Lipinski definition) is 1. The molecule has 130 valence electrons. The van der Waals surface area contributed by atoms with Gasteiger partial charge in [0.2, 0.25) is 0 Å². The third-order valence-electron chi connectivity index (χ3n) is 6.06. The maximum Gasteiger partial charge on any atom is 0.190 e. The molecular weight excluding hydrogens is 322 g/mol. The van der Waals surface area contributed by atoms with Crippen molar-refractivity contribution in [1.29, 1.82) is 21.2 Å². The number of nitrogens with one attached hydrogen (secondary N) is 1. The normalized spacial score (nSPS) is 33.2. The zero-order valence-electron chi connectivity index (χ0n) is 15.2. The Balaban J connectivity index is 2.37. The van der Waals surface area contributed by atoms with E-state index in [-0.39, 0.29) is 11.8 Å². The van der Waals surface area contributed by atoms with Crippen molar-refractivity contribution in [3.8, 4) is 18.2 Å². The first-order chi connectivity index (χ1) is 12.4. The summed E-state index contributed by atoms with van der Waals surface area (Å²) in [5, 5.41) is 38.5. The van der Waals surface area contributed by atoms with Crippen molar-refractivity contribution in [1.82, 2.24) is 4.90 Å². The molecule has 1 saturated carbocycles. The molecule has 1 N–H and O–H groups in total. The second-order valence-corrected chi connectivity index (χ2v) is 7.55. The van der Waals surface area contributed by atoms with Crippen molar-refractivity contribution >= 4 is 5.71 Å². The highest BCUT2D eigenvalue weighted by molar-refractivity contribution is 6.01. The van der Waals surface area contributed by atoms with Crippen molar-refractivity contribution in [2.45, 2.75) is 25.8 Å². The summed E-state index contributed by atoms with van der Waals surface area (Å²) in [6.07, 6.45) is 2.04. The van der Waals surface area contributed by atoms with Crippen molar-refractivity contribution in [3.63, 3.8) is 0 Å². The zero-order chi connectivity index (χ0) is 19.1. The second-order valence-electron chi connectivity index (χ2n) is 7.55. The van der Waals surface area contributed by atoms with Crippen molar-refractivity contribution in [2.75, 3.05) is 13.6 Å². The van der Waals surface area contributed by atoms with Crippen molar-refractivity contribution in [3.05, 3.63) is 47.5 Å². The maximum atomic E-state index is 10.0. The Morgan fingerprint density at radius 3 is 2.31 bits per heavy atom. The first-order valence-electron chi connectivity index (χ1n) is 8.64. The lowest BCUT2D eigenvalue weighted by atomic mass is 9.48. The van der Waals surface area contributed by atoms with Gasteiger partial charge >= 0.3 is 0 Å². The molecule has 5 nitrogen and oxygen atoms in total. The summed E-state index contributed by atoms with van der Waals surface area (Å²) < 4.78 is 0. The SMILES string of the molecule is C[C@@H]1C=C2[C@@H](C#N)C(=N)C(C#N)(C#N)[C@@H](c3ccccc3)[C@]2(C)CN1C. The molecule has 0 aromatic heterocycles. The van der Waals surface area contributed by atoms with Gasteiger partial charge in [-0.25, -0.2) is 0 Å². The summed E-state index contributed by atoms with van der Waals surface area (Å²) in [5.74, 6) is -1.35. The monoisotopic (exact) mass is 343 g/mol. The van der Waals surface area contributed by atoms with Gasteiger partial charge in [0.05, 0.1) is 23.9 Å². The molecule has 3 rings (SSSR count). The number of nitriles is 3. The van der Waals surface area contributed by atoms with Gasteiger partial charge in [0.1, 0.15) is 5.92 Å². The summed E-state index contributed by atoms with van der Waals surface area (Å²) in [5.41, 5.74) is -0.619. The highest BCUT2D eigenvalue weighted by atomic mass is 15.1. The van der Waals surface area contributed by atoms with Crippen LogP contribution in [0.25, 0.3) is 0 Å². The van der Waals surface area contributed by atoms with Crippen molar-refractivity contribution < 1.29 is 0 Å². The lowest BCUT2D eigenvalue weighted by Gasteiger charge is -2.55. The third kappa shape index (κ3) is 2.20. The van der Waals surface area contributed by atoms with Crippen LogP contribution in [0.2, 0.25) is 0 Å². The van der Waals surface area contributed by atoms with Crippen LogP contribution < -0.4 is 0 Å². The summed E-state index contributed by atoms with van der Waals surface area (Å²) in [6, 6.07) is 16.1. The minimum atomic E-state index is -1.66. The molecule has 0 bridgehead atoms. The lowest BCUT2D eigenvalue weighted by molar-refractivity contribution is 0.119. The van der Waals surface area contributed by atoms with E-state index < -0.39 is 22.7 Å². The van der Waals surface area contributed by atoms with Crippen LogP contribution >= 0.6 is 0 Å². The number of likely N-dealkylation sites (N-methyl/N-ethyl adjacent to an activating group) is 1. The average Bonchev–Trinajstić information content (AvgIpc) is 2.64. The fourth-order valence-electron chi connectivity index (χ4n) is 4.70. The average molecular weight is 343 g/mol. The van der Waals surface area contributed by atoms with Crippen molar-refractivity contribution in [2.24, 2.45) is 16.7 Å². The molecule has 0 spiro atoms. The first kappa shape index (κ1) is 17.9. The molecular formula is C21H21N5. The van der Waals surface area contributed by atoms with Crippen LogP contribution in [0.15, 0.2) is 42.0 Å². The Morgan fingerprint density at radius 2 is 1.77 bits per heavy atom. The Morgan fingerprint density at radius 1 is 1.15 bits per heavy atom. The molecule has 1 aliphatic heterocycles. The van der Waals surface area contributed by atoms with Gasteiger partial charge < -0.3 is 5.41 Å². The topological polar surface area (TPSA) is 98.5 Å². The predicted molar refractivity (Wildman–Crippen MR) is 98.0 cm³/mol. The molecule has 0 saturated heterocycles. The van der Waals surface area contributed by atoms with Crippen LogP contribution in [-0.2, 0) is 0 Å². The predicted octanol–water partition coefficient (Wildman–Crippen LogP) is 3.24. The number of nitrogens with zero attached hydrogens (tertiary/aromatic N) is 4. The van der Waals surface area contributed by atoms with Gasteiger partial charge in [-0.15, -0.1) is 0 Å². The third-order valence-corrected chi connectivity index (χ3v) is 6.06.